The number of esters is 1. The first-order chi connectivity index (χ1) is 9.56. The zero-order valence-corrected chi connectivity index (χ0v) is 12.9. The van der Waals surface area contributed by atoms with Crippen molar-refractivity contribution in [2.24, 2.45) is 11.1 Å². The van der Waals surface area contributed by atoms with E-state index in [0.717, 1.165) is 24.2 Å². The Bertz CT molecular complexity index is 446. The number of nitrogens with two attached hydrogens (primary N) is 1. The van der Waals surface area contributed by atoms with Crippen molar-refractivity contribution >= 4 is 17.7 Å². The first kappa shape index (κ1) is 15.3. The van der Waals surface area contributed by atoms with E-state index < -0.39 is 0 Å². The normalized spacial score (nSPS) is 19.1. The number of methoxy groups -OCH3 is 1. The molecule has 1 aromatic heterocycles. The van der Waals surface area contributed by atoms with Gasteiger partial charge in [-0.1, -0.05) is 6.07 Å². The topological polar surface area (TPSA) is 65.2 Å². The summed E-state index contributed by atoms with van der Waals surface area (Å²) in [5.74, 6) is 0.838. The quantitative estimate of drug-likeness (QED) is 0.783. The van der Waals surface area contributed by atoms with Crippen molar-refractivity contribution in [2.75, 3.05) is 12.9 Å². The molecule has 2 unspecified atom stereocenters. The molecule has 110 valence electrons. The van der Waals surface area contributed by atoms with E-state index in [0.29, 0.717) is 6.42 Å². The number of rotatable bonds is 7. The Morgan fingerprint density at radius 2 is 2.35 bits per heavy atom. The van der Waals surface area contributed by atoms with Crippen LogP contribution < -0.4 is 5.73 Å². The number of hydrogen-bond donors (Lipinski definition) is 1. The molecule has 0 aliphatic heterocycles. The number of carbonyl (C=O) groups excluding carboxylic acids is 1. The molecule has 2 N–H and O–H groups in total. The first-order valence-electron chi connectivity index (χ1n) is 6.90. The number of hydrogen-bond acceptors (Lipinski definition) is 5. The molecule has 0 spiro atoms. The minimum atomic E-state index is -0.109. The molecule has 2 atom stereocenters. The molecule has 0 saturated heterocycles. The highest BCUT2D eigenvalue weighted by Crippen LogP contribution is 2.53. The van der Waals surface area contributed by atoms with Crippen LogP contribution in [0.15, 0.2) is 24.5 Å². The van der Waals surface area contributed by atoms with Crippen molar-refractivity contribution in [2.45, 2.75) is 37.5 Å². The van der Waals surface area contributed by atoms with Gasteiger partial charge in [0, 0.05) is 29.4 Å². The number of thioether (sulfide) groups is 1. The summed E-state index contributed by atoms with van der Waals surface area (Å²) in [5, 5.41) is 0.221. The number of nitrogens with zero attached hydrogens (tertiary/aromatic N) is 1. The molecule has 1 heterocycles. The van der Waals surface area contributed by atoms with Gasteiger partial charge in [0.1, 0.15) is 0 Å². The SMILES string of the molecule is COC(=O)CC1(CSC(c2cccnc2)C(C)N)CC1. The standard InChI is InChI=1S/C15H22N2O2S/c1-11(16)14(12-4-3-7-17-9-12)20-10-15(5-6-15)8-13(18)19-2/h3-4,7,9,11,14H,5-6,8,10,16H2,1-2H3. The van der Waals surface area contributed by atoms with E-state index in [4.69, 9.17) is 10.5 Å². The van der Waals surface area contributed by atoms with Gasteiger partial charge in [-0.05, 0) is 36.8 Å². The predicted molar refractivity (Wildman–Crippen MR) is 81.4 cm³/mol. The molecule has 0 aromatic carbocycles. The molecular formula is C15H22N2O2S. The minimum absolute atomic E-state index is 0.0538. The molecule has 20 heavy (non-hydrogen) atoms. The van der Waals surface area contributed by atoms with E-state index in [-0.39, 0.29) is 22.7 Å². The molecule has 2 rings (SSSR count). The summed E-state index contributed by atoms with van der Waals surface area (Å²) in [6.45, 7) is 2.02. The average Bonchev–Trinajstić information content (AvgIpc) is 3.19. The Hall–Kier alpha value is -1.07. The Morgan fingerprint density at radius 3 is 2.85 bits per heavy atom. The fourth-order valence-corrected chi connectivity index (χ4v) is 3.85. The highest BCUT2D eigenvalue weighted by Gasteiger charge is 2.45. The van der Waals surface area contributed by atoms with E-state index >= 15 is 0 Å². The van der Waals surface area contributed by atoms with Gasteiger partial charge in [-0.15, -0.1) is 0 Å². The van der Waals surface area contributed by atoms with Crippen LogP contribution in [0.4, 0.5) is 0 Å². The van der Waals surface area contributed by atoms with Crippen molar-refractivity contribution in [3.8, 4) is 0 Å². The summed E-state index contributed by atoms with van der Waals surface area (Å²) in [7, 11) is 1.45. The van der Waals surface area contributed by atoms with Crippen LogP contribution in [0.5, 0.6) is 0 Å². The lowest BCUT2D eigenvalue weighted by Gasteiger charge is -2.23. The zero-order chi connectivity index (χ0) is 14.6. The van der Waals surface area contributed by atoms with Gasteiger partial charge in [-0.2, -0.15) is 11.8 Å². The maximum absolute atomic E-state index is 11.4. The second-order valence-electron chi connectivity index (χ2n) is 5.63. The van der Waals surface area contributed by atoms with Gasteiger partial charge in [0.15, 0.2) is 0 Å². The lowest BCUT2D eigenvalue weighted by atomic mass is 10.1. The predicted octanol–water partition coefficient (Wildman–Crippen LogP) is 2.55. The minimum Gasteiger partial charge on any atom is -0.469 e. The van der Waals surface area contributed by atoms with Crippen molar-refractivity contribution in [1.82, 2.24) is 4.98 Å². The summed E-state index contributed by atoms with van der Waals surface area (Å²) < 4.78 is 4.78. The molecule has 1 fully saturated rings. The van der Waals surface area contributed by atoms with Gasteiger partial charge in [0.05, 0.1) is 13.5 Å². The van der Waals surface area contributed by atoms with Gasteiger partial charge in [0.25, 0.3) is 0 Å². The van der Waals surface area contributed by atoms with Gasteiger partial charge in [0.2, 0.25) is 0 Å². The summed E-state index contributed by atoms with van der Waals surface area (Å²) >= 11 is 1.83. The number of carbonyl (C=O) groups is 1. The number of ether oxygens (including phenoxy) is 1. The van der Waals surface area contributed by atoms with E-state index in [1.165, 1.54) is 7.11 Å². The average molecular weight is 294 g/mol. The summed E-state index contributed by atoms with van der Waals surface area (Å²) in [5.41, 5.74) is 7.39. The van der Waals surface area contributed by atoms with Gasteiger partial charge >= 0.3 is 5.97 Å². The largest absolute Gasteiger partial charge is 0.469 e. The molecule has 0 bridgehead atoms. The number of aromatic nitrogens is 1. The van der Waals surface area contributed by atoms with Crippen LogP contribution in [0.25, 0.3) is 0 Å². The highest BCUT2D eigenvalue weighted by atomic mass is 32.2. The Kier molecular flexibility index (Phi) is 5.05. The van der Waals surface area contributed by atoms with Crippen LogP contribution >= 0.6 is 11.8 Å². The van der Waals surface area contributed by atoms with Crippen LogP contribution in [0.1, 0.15) is 37.0 Å². The Labute approximate surface area is 124 Å². The second-order valence-corrected chi connectivity index (χ2v) is 6.76. The fourth-order valence-electron chi connectivity index (χ4n) is 2.29. The zero-order valence-electron chi connectivity index (χ0n) is 12.0. The molecule has 0 radical (unpaired) electrons. The van der Waals surface area contributed by atoms with Crippen LogP contribution in [-0.4, -0.2) is 29.9 Å². The fraction of sp³-hybridized carbons (Fsp3) is 0.600. The van der Waals surface area contributed by atoms with E-state index in [1.54, 1.807) is 6.20 Å². The molecule has 5 heteroatoms. The van der Waals surface area contributed by atoms with Crippen LogP contribution in [-0.2, 0) is 9.53 Å². The Morgan fingerprint density at radius 1 is 1.60 bits per heavy atom. The Balaban J connectivity index is 1.95. The van der Waals surface area contributed by atoms with Gasteiger partial charge in [-0.3, -0.25) is 9.78 Å². The van der Waals surface area contributed by atoms with Gasteiger partial charge < -0.3 is 10.5 Å². The number of pyridine rings is 1. The van der Waals surface area contributed by atoms with Crippen molar-refractivity contribution < 1.29 is 9.53 Å². The van der Waals surface area contributed by atoms with Crippen molar-refractivity contribution in [3.05, 3.63) is 30.1 Å². The van der Waals surface area contributed by atoms with Gasteiger partial charge in [-0.25, -0.2) is 0 Å². The monoisotopic (exact) mass is 294 g/mol. The third kappa shape index (κ3) is 3.96. The van der Waals surface area contributed by atoms with E-state index in [9.17, 15) is 4.79 Å². The second kappa shape index (κ2) is 6.59. The lowest BCUT2D eigenvalue weighted by Crippen LogP contribution is -2.24. The smallest absolute Gasteiger partial charge is 0.306 e. The maximum atomic E-state index is 11.4. The lowest BCUT2D eigenvalue weighted by molar-refractivity contribution is -0.141. The highest BCUT2D eigenvalue weighted by molar-refractivity contribution is 7.99. The summed E-state index contributed by atoms with van der Waals surface area (Å²) in [6, 6.07) is 4.05. The molecule has 0 amide bonds. The van der Waals surface area contributed by atoms with Crippen LogP contribution in [0.3, 0.4) is 0 Å². The molecule has 1 aliphatic rings. The van der Waals surface area contributed by atoms with Crippen LogP contribution in [0, 0.1) is 5.41 Å². The molecular weight excluding hydrogens is 272 g/mol. The molecule has 1 aliphatic carbocycles. The molecule has 1 aromatic rings. The van der Waals surface area contributed by atoms with Crippen LogP contribution in [0.2, 0.25) is 0 Å². The van der Waals surface area contributed by atoms with Crippen molar-refractivity contribution in [1.29, 1.82) is 0 Å². The molecule has 1 saturated carbocycles. The molecule has 4 nitrogen and oxygen atoms in total. The van der Waals surface area contributed by atoms with E-state index in [1.807, 2.05) is 30.9 Å². The maximum Gasteiger partial charge on any atom is 0.306 e. The summed E-state index contributed by atoms with van der Waals surface area (Å²) in [4.78, 5) is 15.6. The summed E-state index contributed by atoms with van der Waals surface area (Å²) in [6.07, 6.45) is 6.38. The third-order valence-electron chi connectivity index (χ3n) is 3.76. The third-order valence-corrected chi connectivity index (χ3v) is 5.60. The van der Waals surface area contributed by atoms with Crippen molar-refractivity contribution in [3.63, 3.8) is 0 Å². The van der Waals surface area contributed by atoms with E-state index in [2.05, 4.69) is 11.1 Å². The first-order valence-corrected chi connectivity index (χ1v) is 7.95.